The average Bonchev–Trinajstić information content (AvgIpc) is 3.27. The maximum atomic E-state index is 12.4. The van der Waals surface area contributed by atoms with Crippen LogP contribution in [0.25, 0.3) is 22.3 Å². The summed E-state index contributed by atoms with van der Waals surface area (Å²) in [5.41, 5.74) is 1.34. The molecule has 2 aromatic carbocycles. The van der Waals surface area contributed by atoms with Crippen molar-refractivity contribution in [1.29, 1.82) is 0 Å². The number of nitrogens with zero attached hydrogens (tertiary/aromatic N) is 2. The number of carbonyl (C=O) groups is 1. The number of ether oxygens (including phenoxy) is 1. The fourth-order valence-corrected chi connectivity index (χ4v) is 3.15. The molecule has 4 rings (SSSR count). The molecule has 0 saturated heterocycles. The van der Waals surface area contributed by atoms with E-state index in [0.717, 1.165) is 17.1 Å². The number of aromatic nitrogens is 3. The molecule has 0 atom stereocenters. The second kappa shape index (κ2) is 6.97. The summed E-state index contributed by atoms with van der Waals surface area (Å²) in [6.45, 7) is 0. The maximum Gasteiger partial charge on any atom is 0.573 e. The topological polar surface area (TPSA) is 79.9 Å². The van der Waals surface area contributed by atoms with Crippen molar-refractivity contribution < 1.29 is 22.7 Å². The van der Waals surface area contributed by atoms with Crippen LogP contribution in [0.5, 0.6) is 5.75 Å². The summed E-state index contributed by atoms with van der Waals surface area (Å²) in [7, 11) is 0. The van der Waals surface area contributed by atoms with Gasteiger partial charge in [-0.25, -0.2) is 0 Å². The van der Waals surface area contributed by atoms with Crippen molar-refractivity contribution >= 4 is 33.5 Å². The van der Waals surface area contributed by atoms with E-state index >= 15 is 0 Å². The van der Waals surface area contributed by atoms with Crippen LogP contribution in [0.3, 0.4) is 0 Å². The Morgan fingerprint density at radius 1 is 1.11 bits per heavy atom. The van der Waals surface area contributed by atoms with Crippen LogP contribution in [0.2, 0.25) is 0 Å². The zero-order valence-electron chi connectivity index (χ0n) is 13.9. The Hall–Kier alpha value is -3.40. The van der Waals surface area contributed by atoms with Crippen LogP contribution in [-0.2, 0) is 0 Å². The van der Waals surface area contributed by atoms with E-state index in [-0.39, 0.29) is 11.4 Å². The first-order valence-electron chi connectivity index (χ1n) is 7.96. The molecule has 6 nitrogen and oxygen atoms in total. The molecule has 2 N–H and O–H groups in total. The Kier molecular flexibility index (Phi) is 4.47. The maximum absolute atomic E-state index is 12.4. The predicted octanol–water partition coefficient (Wildman–Crippen LogP) is 4.84. The van der Waals surface area contributed by atoms with Crippen molar-refractivity contribution in [3.8, 4) is 17.1 Å². The Balaban J connectivity index is 1.52. The van der Waals surface area contributed by atoms with Gasteiger partial charge in [0.05, 0.1) is 0 Å². The first-order valence-corrected chi connectivity index (χ1v) is 8.74. The monoisotopic (exact) mass is 404 g/mol. The molecule has 0 radical (unpaired) electrons. The van der Waals surface area contributed by atoms with Crippen LogP contribution in [0, 0.1) is 0 Å². The molecule has 0 bridgehead atoms. The smallest absolute Gasteiger partial charge is 0.406 e. The number of amides is 1. The van der Waals surface area contributed by atoms with E-state index in [1.165, 1.54) is 24.3 Å². The molecular weight excluding hydrogens is 393 g/mol. The number of rotatable bonds is 4. The molecule has 142 valence electrons. The number of aromatic amines is 1. The van der Waals surface area contributed by atoms with Gasteiger partial charge in [0.1, 0.15) is 11.4 Å². The quantitative estimate of drug-likeness (QED) is 0.510. The van der Waals surface area contributed by atoms with E-state index in [0.29, 0.717) is 21.9 Å². The van der Waals surface area contributed by atoms with Gasteiger partial charge in [-0.15, -0.1) is 13.2 Å². The summed E-state index contributed by atoms with van der Waals surface area (Å²) in [5.74, 6) is -0.359. The van der Waals surface area contributed by atoms with Crippen molar-refractivity contribution in [2.45, 2.75) is 6.36 Å². The minimum atomic E-state index is -4.78. The fourth-order valence-electron chi connectivity index (χ4n) is 2.57. The zero-order valence-corrected chi connectivity index (χ0v) is 14.8. The van der Waals surface area contributed by atoms with Crippen LogP contribution in [0.15, 0.2) is 54.6 Å². The highest BCUT2D eigenvalue weighted by molar-refractivity contribution is 7.10. The van der Waals surface area contributed by atoms with Crippen LogP contribution in [-0.4, -0.2) is 26.6 Å². The molecule has 0 unspecified atom stereocenters. The molecule has 2 heterocycles. The minimum absolute atomic E-state index is 0.176. The number of hydrogen-bond acceptors (Lipinski definition) is 5. The number of alkyl halides is 3. The van der Waals surface area contributed by atoms with Gasteiger partial charge in [-0.1, -0.05) is 30.3 Å². The van der Waals surface area contributed by atoms with Gasteiger partial charge in [0.25, 0.3) is 5.91 Å². The van der Waals surface area contributed by atoms with Gasteiger partial charge in [0.15, 0.2) is 5.82 Å². The molecule has 28 heavy (non-hydrogen) atoms. The summed E-state index contributed by atoms with van der Waals surface area (Å²) in [6, 6.07) is 14.6. The molecule has 0 spiro atoms. The molecule has 0 aliphatic rings. The molecule has 0 saturated carbocycles. The minimum Gasteiger partial charge on any atom is -0.406 e. The average molecular weight is 404 g/mol. The van der Waals surface area contributed by atoms with Crippen molar-refractivity contribution in [2.24, 2.45) is 0 Å². The van der Waals surface area contributed by atoms with Gasteiger partial charge in [-0.2, -0.15) is 9.36 Å². The highest BCUT2D eigenvalue weighted by Crippen LogP contribution is 2.27. The fraction of sp³-hybridized carbons (Fsp3) is 0.0556. The second-order valence-corrected chi connectivity index (χ2v) is 6.48. The van der Waals surface area contributed by atoms with Crippen LogP contribution in [0.1, 0.15) is 10.5 Å². The summed E-state index contributed by atoms with van der Waals surface area (Å²) < 4.78 is 45.1. The lowest BCUT2D eigenvalue weighted by Gasteiger charge is -2.08. The Morgan fingerprint density at radius 3 is 2.64 bits per heavy atom. The second-order valence-electron chi connectivity index (χ2n) is 5.72. The highest BCUT2D eigenvalue weighted by Gasteiger charge is 2.31. The van der Waals surface area contributed by atoms with Crippen LogP contribution in [0.4, 0.5) is 18.3 Å². The summed E-state index contributed by atoms with van der Waals surface area (Å²) in [5, 5.41) is 3.51. The third kappa shape index (κ3) is 3.96. The number of anilines is 1. The third-order valence-corrected chi connectivity index (χ3v) is 4.38. The van der Waals surface area contributed by atoms with Crippen molar-refractivity contribution in [2.75, 3.05) is 5.32 Å². The lowest BCUT2D eigenvalue weighted by atomic mass is 10.2. The molecule has 10 heteroatoms. The van der Waals surface area contributed by atoms with E-state index in [9.17, 15) is 18.0 Å². The number of hydrogen-bond donors (Lipinski definition) is 2. The molecule has 0 aliphatic heterocycles. The first kappa shape index (κ1) is 18.0. The predicted molar refractivity (Wildman–Crippen MR) is 98.3 cm³/mol. The Morgan fingerprint density at radius 2 is 1.89 bits per heavy atom. The SMILES string of the molecule is O=C(Nc1nc(-c2ccccc2)ns1)c1cc2ccc(OC(F)(F)F)cc2[nH]1. The van der Waals surface area contributed by atoms with Crippen molar-refractivity contribution in [3.05, 3.63) is 60.3 Å². The van der Waals surface area contributed by atoms with Gasteiger partial charge in [-0.05, 0) is 18.2 Å². The number of carbonyl (C=O) groups excluding carboxylic acids is 1. The zero-order chi connectivity index (χ0) is 19.7. The van der Waals surface area contributed by atoms with E-state index in [4.69, 9.17) is 0 Å². The number of fused-ring (bicyclic) bond motifs is 1. The molecule has 4 aromatic rings. The first-order chi connectivity index (χ1) is 13.4. The van der Waals surface area contributed by atoms with E-state index in [1.807, 2.05) is 30.3 Å². The van der Waals surface area contributed by atoms with E-state index < -0.39 is 12.3 Å². The highest BCUT2D eigenvalue weighted by atomic mass is 32.1. The molecule has 0 fully saturated rings. The number of benzene rings is 2. The standard InChI is InChI=1S/C18H11F3N4O2S/c19-18(20,21)27-12-7-6-11-8-14(22-13(11)9-12)16(26)24-17-23-15(25-28-17)10-4-2-1-3-5-10/h1-9,22H,(H,23,24,25,26). The third-order valence-electron chi connectivity index (χ3n) is 3.75. The van der Waals surface area contributed by atoms with Gasteiger partial charge in [-0.3, -0.25) is 10.1 Å². The Labute approximate surface area is 160 Å². The molecule has 2 aromatic heterocycles. The molecule has 0 aliphatic carbocycles. The molecule has 1 amide bonds. The number of H-pyrrole nitrogens is 1. The lowest BCUT2D eigenvalue weighted by Crippen LogP contribution is -2.16. The molecular formula is C18H11F3N4O2S. The van der Waals surface area contributed by atoms with Crippen LogP contribution < -0.4 is 10.1 Å². The summed E-state index contributed by atoms with van der Waals surface area (Å²) in [6.07, 6.45) is -4.78. The largest absolute Gasteiger partial charge is 0.573 e. The van der Waals surface area contributed by atoms with E-state index in [2.05, 4.69) is 24.4 Å². The van der Waals surface area contributed by atoms with Crippen molar-refractivity contribution in [3.63, 3.8) is 0 Å². The van der Waals surface area contributed by atoms with Crippen LogP contribution >= 0.6 is 11.5 Å². The summed E-state index contributed by atoms with van der Waals surface area (Å²) >= 11 is 1.03. The van der Waals surface area contributed by atoms with Crippen molar-refractivity contribution in [1.82, 2.24) is 14.3 Å². The lowest BCUT2D eigenvalue weighted by molar-refractivity contribution is -0.274. The van der Waals surface area contributed by atoms with E-state index in [1.54, 1.807) is 0 Å². The number of nitrogens with one attached hydrogen (secondary N) is 2. The number of halogens is 3. The van der Waals surface area contributed by atoms with Gasteiger partial charge >= 0.3 is 6.36 Å². The van der Waals surface area contributed by atoms with Gasteiger partial charge in [0.2, 0.25) is 5.13 Å². The van der Waals surface area contributed by atoms with Gasteiger partial charge < -0.3 is 9.72 Å². The van der Waals surface area contributed by atoms with Gasteiger partial charge in [0, 0.05) is 34.1 Å². The summed E-state index contributed by atoms with van der Waals surface area (Å²) in [4.78, 5) is 19.5. The normalized spacial score (nSPS) is 11.5. The Bertz CT molecular complexity index is 1140.